The van der Waals surface area contributed by atoms with Crippen molar-refractivity contribution in [2.45, 2.75) is 75.5 Å². The maximum Gasteiger partial charge on any atom is 0.494 e. The minimum Gasteiger partial charge on any atom is -0.399 e. The number of fused-ring (bicyclic) bond motifs is 1. The Balaban J connectivity index is 1.54. The second kappa shape index (κ2) is 7.48. The molecule has 166 valence electrons. The summed E-state index contributed by atoms with van der Waals surface area (Å²) in [5.74, 6) is 0. The van der Waals surface area contributed by atoms with Crippen LogP contribution < -0.4 is 10.4 Å². The van der Waals surface area contributed by atoms with Gasteiger partial charge in [-0.05, 0) is 63.3 Å². The third kappa shape index (κ3) is 4.09. The largest absolute Gasteiger partial charge is 0.494 e. The van der Waals surface area contributed by atoms with Crippen LogP contribution in [0, 0.1) is 0 Å². The zero-order chi connectivity index (χ0) is 21.9. The van der Waals surface area contributed by atoms with Crippen molar-refractivity contribution in [2.75, 3.05) is 25.3 Å². The van der Waals surface area contributed by atoms with Crippen LogP contribution in [0.3, 0.4) is 0 Å². The van der Waals surface area contributed by atoms with Crippen molar-refractivity contribution in [1.82, 2.24) is 4.31 Å². The lowest BCUT2D eigenvalue weighted by atomic mass is 9.79. The van der Waals surface area contributed by atoms with E-state index in [4.69, 9.17) is 23.8 Å². The topological polar surface area (TPSA) is 59.2 Å². The van der Waals surface area contributed by atoms with Gasteiger partial charge < -0.3 is 14.0 Å². The summed E-state index contributed by atoms with van der Waals surface area (Å²) in [6, 6.07) is 6.47. The van der Waals surface area contributed by atoms with Gasteiger partial charge in [0.2, 0.25) is 0 Å². The second-order valence-corrected chi connectivity index (χ2v) is 17.2. The first-order chi connectivity index (χ1) is 13.8. The molecule has 2 saturated heterocycles. The number of hydrogen-bond donors (Lipinski definition) is 0. The summed E-state index contributed by atoms with van der Waals surface area (Å²) < 4.78 is 20.5. The number of anilines is 1. The van der Waals surface area contributed by atoms with E-state index in [-0.39, 0.29) is 11.2 Å². The zero-order valence-electron chi connectivity index (χ0n) is 19.3. The molecular formula is C20H33BN2O5SSi. The molecule has 3 heterocycles. The standard InChI is InChI=1S/C20H33BN2O5SSi/c1-18(2)19(3,4)26-21(25-18)15-9-10-16-17(13-15)29-22(5)20(27-28-20)23(16)14-24-11-12-30(6,7)8/h9-10,13H,11-12,14H2,1-8H3. The summed E-state index contributed by atoms with van der Waals surface area (Å²) in [5.41, 5.74) is 1.28. The molecule has 0 unspecified atom stereocenters. The normalized spacial score (nSPS) is 24.4. The molecule has 3 aliphatic heterocycles. The lowest BCUT2D eigenvalue weighted by molar-refractivity contribution is 0.00578. The molecule has 0 atom stereocenters. The monoisotopic (exact) mass is 452 g/mol. The molecule has 3 aliphatic rings. The van der Waals surface area contributed by atoms with Crippen molar-refractivity contribution < 1.29 is 23.8 Å². The summed E-state index contributed by atoms with van der Waals surface area (Å²) in [7, 11) is 0.420. The van der Waals surface area contributed by atoms with Gasteiger partial charge in [0, 0.05) is 26.6 Å². The van der Waals surface area contributed by atoms with Gasteiger partial charge in [0.05, 0.1) is 16.9 Å². The van der Waals surface area contributed by atoms with E-state index in [1.165, 1.54) is 0 Å². The molecule has 1 aromatic carbocycles. The van der Waals surface area contributed by atoms with Crippen LogP contribution in [0.2, 0.25) is 25.7 Å². The van der Waals surface area contributed by atoms with Crippen molar-refractivity contribution in [3.8, 4) is 0 Å². The highest BCUT2D eigenvalue weighted by atomic mass is 32.2. The smallest absolute Gasteiger partial charge is 0.399 e. The zero-order valence-corrected chi connectivity index (χ0v) is 21.1. The van der Waals surface area contributed by atoms with Crippen LogP contribution in [0.4, 0.5) is 5.69 Å². The highest BCUT2D eigenvalue weighted by molar-refractivity contribution is 7.97. The molecule has 0 saturated carbocycles. The van der Waals surface area contributed by atoms with E-state index in [0.29, 0.717) is 6.73 Å². The maximum atomic E-state index is 6.23. The van der Waals surface area contributed by atoms with Crippen molar-refractivity contribution in [1.29, 1.82) is 0 Å². The highest BCUT2D eigenvalue weighted by Gasteiger charge is 2.62. The third-order valence-corrected chi connectivity index (χ3v) is 8.96. The Bertz CT molecular complexity index is 799. The summed E-state index contributed by atoms with van der Waals surface area (Å²) in [5, 5.41) is 0. The first-order valence-corrected chi connectivity index (χ1v) is 15.0. The second-order valence-electron chi connectivity index (χ2n) is 10.4. The Kier molecular flexibility index (Phi) is 5.64. The van der Waals surface area contributed by atoms with Crippen molar-refractivity contribution >= 4 is 38.3 Å². The quantitative estimate of drug-likeness (QED) is 0.213. The molecule has 10 heteroatoms. The van der Waals surface area contributed by atoms with Gasteiger partial charge in [0.1, 0.15) is 6.73 Å². The fourth-order valence-electron chi connectivity index (χ4n) is 3.40. The van der Waals surface area contributed by atoms with Gasteiger partial charge >= 0.3 is 13.2 Å². The predicted molar refractivity (Wildman–Crippen MR) is 122 cm³/mol. The minimum absolute atomic E-state index is 0.368. The molecule has 1 aromatic rings. The van der Waals surface area contributed by atoms with Gasteiger partial charge in [-0.2, -0.15) is 14.1 Å². The van der Waals surface area contributed by atoms with Gasteiger partial charge in [0.25, 0.3) is 0 Å². The Hall–Kier alpha value is -0.588. The Morgan fingerprint density at radius 3 is 2.27 bits per heavy atom. The molecule has 7 nitrogen and oxygen atoms in total. The van der Waals surface area contributed by atoms with Gasteiger partial charge in [-0.15, -0.1) is 0 Å². The molecule has 0 N–H and O–H groups in total. The van der Waals surface area contributed by atoms with Crippen LogP contribution in [-0.4, -0.2) is 57.1 Å². The van der Waals surface area contributed by atoms with Gasteiger partial charge in [-0.3, -0.25) is 4.90 Å². The Morgan fingerprint density at radius 2 is 1.70 bits per heavy atom. The SMILES string of the molecule is CN1Sc2cc(B3OC(C)(C)C(C)(C)O3)ccc2N(COCC[Si](C)(C)C)C12OO2. The highest BCUT2D eigenvalue weighted by Crippen LogP contribution is 2.51. The van der Waals surface area contributed by atoms with E-state index in [9.17, 15) is 0 Å². The number of nitrogens with zero attached hydrogens (tertiary/aromatic N) is 2. The van der Waals surface area contributed by atoms with E-state index in [0.717, 1.165) is 28.7 Å². The van der Waals surface area contributed by atoms with E-state index in [1.54, 1.807) is 11.9 Å². The molecule has 0 amide bonds. The summed E-state index contributed by atoms with van der Waals surface area (Å²) in [4.78, 5) is 13.9. The Morgan fingerprint density at radius 1 is 1.07 bits per heavy atom. The van der Waals surface area contributed by atoms with Gasteiger partial charge in [-0.1, -0.05) is 25.7 Å². The van der Waals surface area contributed by atoms with Crippen LogP contribution in [0.25, 0.3) is 0 Å². The molecule has 0 bridgehead atoms. The van der Waals surface area contributed by atoms with Crippen LogP contribution in [0.5, 0.6) is 0 Å². The Labute approximate surface area is 185 Å². The number of rotatable bonds is 6. The fourth-order valence-corrected chi connectivity index (χ4v) is 5.18. The first kappa shape index (κ1) is 22.6. The lowest BCUT2D eigenvalue weighted by Gasteiger charge is -2.38. The molecular weight excluding hydrogens is 419 g/mol. The number of ether oxygens (including phenoxy) is 1. The summed E-state index contributed by atoms with van der Waals surface area (Å²) in [6.07, 6.45) is 0. The van der Waals surface area contributed by atoms with E-state index in [2.05, 4.69) is 65.5 Å². The molecule has 0 radical (unpaired) electrons. The molecule has 4 rings (SSSR count). The average Bonchev–Trinajstić information content (AvgIpc) is 3.36. The third-order valence-electron chi connectivity index (χ3n) is 6.22. The predicted octanol–water partition coefficient (Wildman–Crippen LogP) is 3.63. The first-order valence-electron chi connectivity index (χ1n) is 10.5. The van der Waals surface area contributed by atoms with Crippen LogP contribution in [-0.2, 0) is 23.8 Å². The fraction of sp³-hybridized carbons (Fsp3) is 0.700. The number of hydrogen-bond acceptors (Lipinski definition) is 8. The molecule has 0 aliphatic carbocycles. The lowest BCUT2D eigenvalue weighted by Crippen LogP contribution is -2.51. The maximum absolute atomic E-state index is 6.23. The van der Waals surface area contributed by atoms with Crippen molar-refractivity contribution in [2.24, 2.45) is 0 Å². The average molecular weight is 452 g/mol. The van der Waals surface area contributed by atoms with E-state index >= 15 is 0 Å². The molecule has 30 heavy (non-hydrogen) atoms. The molecule has 2 fully saturated rings. The number of benzene rings is 1. The van der Waals surface area contributed by atoms with Gasteiger partial charge in [0.15, 0.2) is 0 Å². The summed E-state index contributed by atoms with van der Waals surface area (Å²) >= 11 is 1.58. The minimum atomic E-state index is -1.14. The molecule has 1 spiro atoms. The van der Waals surface area contributed by atoms with Crippen molar-refractivity contribution in [3.05, 3.63) is 18.2 Å². The molecule has 0 aromatic heterocycles. The van der Waals surface area contributed by atoms with E-state index < -0.39 is 21.2 Å². The van der Waals surface area contributed by atoms with Gasteiger partial charge in [-0.25, -0.2) is 0 Å². The van der Waals surface area contributed by atoms with Crippen LogP contribution in [0.1, 0.15) is 27.7 Å². The van der Waals surface area contributed by atoms with Crippen LogP contribution >= 0.6 is 11.9 Å². The summed E-state index contributed by atoms with van der Waals surface area (Å²) in [6.45, 7) is 16.5. The van der Waals surface area contributed by atoms with Crippen molar-refractivity contribution in [3.63, 3.8) is 0 Å². The van der Waals surface area contributed by atoms with Crippen LogP contribution in [0.15, 0.2) is 23.1 Å². The van der Waals surface area contributed by atoms with E-state index in [1.807, 2.05) is 16.3 Å².